The minimum absolute atomic E-state index is 0.428. The van der Waals surface area contributed by atoms with Crippen LogP contribution in [0.3, 0.4) is 0 Å². The molecule has 132 valence electrons. The van der Waals surface area contributed by atoms with Gasteiger partial charge in [-0.15, -0.1) is 0 Å². The van der Waals surface area contributed by atoms with Crippen molar-refractivity contribution < 1.29 is 9.47 Å². The van der Waals surface area contributed by atoms with Gasteiger partial charge in [-0.3, -0.25) is 0 Å². The van der Waals surface area contributed by atoms with E-state index in [9.17, 15) is 0 Å². The van der Waals surface area contributed by atoms with Gasteiger partial charge in [0.05, 0.1) is 13.7 Å². The maximum absolute atomic E-state index is 5.88. The Morgan fingerprint density at radius 1 is 1.40 bits per heavy atom. The Bertz CT molecular complexity index is 797. The van der Waals surface area contributed by atoms with Gasteiger partial charge < -0.3 is 14.8 Å². The van der Waals surface area contributed by atoms with Crippen molar-refractivity contribution in [2.45, 2.75) is 38.8 Å². The molecule has 2 aliphatic heterocycles. The molecule has 6 heteroatoms. The number of fused-ring (bicyclic) bond motifs is 2. The second-order valence-corrected chi connectivity index (χ2v) is 6.59. The molecule has 2 aromatic rings. The molecule has 1 N–H and O–H groups in total. The fourth-order valence-corrected chi connectivity index (χ4v) is 3.37. The van der Waals surface area contributed by atoms with Crippen molar-refractivity contribution in [3.05, 3.63) is 41.0 Å². The molecule has 25 heavy (non-hydrogen) atoms. The summed E-state index contributed by atoms with van der Waals surface area (Å²) in [6.45, 7) is 4.44. The van der Waals surface area contributed by atoms with Crippen LogP contribution in [-0.4, -0.2) is 41.1 Å². The molecule has 0 aliphatic carbocycles. The van der Waals surface area contributed by atoms with E-state index in [1.165, 1.54) is 5.57 Å². The van der Waals surface area contributed by atoms with Crippen LogP contribution in [0.15, 0.2) is 23.8 Å². The number of nitrogens with zero attached hydrogens (tertiary/aromatic N) is 3. The highest BCUT2D eigenvalue weighted by Crippen LogP contribution is 2.30. The van der Waals surface area contributed by atoms with Crippen LogP contribution in [0.5, 0.6) is 11.5 Å². The van der Waals surface area contributed by atoms with E-state index in [4.69, 9.17) is 9.47 Å². The molecule has 0 fully saturated rings. The fourth-order valence-electron chi connectivity index (χ4n) is 3.37. The van der Waals surface area contributed by atoms with Crippen molar-refractivity contribution in [3.63, 3.8) is 0 Å². The van der Waals surface area contributed by atoms with Crippen LogP contribution in [0.2, 0.25) is 0 Å². The lowest BCUT2D eigenvalue weighted by Gasteiger charge is -2.25. The second kappa shape index (κ2) is 6.88. The number of methoxy groups -OCH3 is 1. The highest BCUT2D eigenvalue weighted by Gasteiger charge is 2.21. The lowest BCUT2D eigenvalue weighted by molar-refractivity contribution is 0.327. The molecule has 0 radical (unpaired) electrons. The number of ether oxygens (including phenoxy) is 2. The van der Waals surface area contributed by atoms with Crippen molar-refractivity contribution in [1.82, 2.24) is 20.1 Å². The number of hydrogen-bond donors (Lipinski definition) is 1. The van der Waals surface area contributed by atoms with E-state index in [0.717, 1.165) is 61.1 Å². The molecule has 6 nitrogen and oxygen atoms in total. The third kappa shape index (κ3) is 3.39. The summed E-state index contributed by atoms with van der Waals surface area (Å²) in [6.07, 6.45) is 5.20. The summed E-state index contributed by atoms with van der Waals surface area (Å²) in [5, 5.41) is 8.23. The lowest BCUT2D eigenvalue weighted by Crippen LogP contribution is -2.39. The maximum Gasteiger partial charge on any atom is 0.150 e. The minimum atomic E-state index is 0.428. The zero-order valence-corrected chi connectivity index (χ0v) is 14.8. The Morgan fingerprint density at radius 2 is 2.32 bits per heavy atom. The predicted octanol–water partition coefficient (Wildman–Crippen LogP) is 2.23. The van der Waals surface area contributed by atoms with Gasteiger partial charge in [-0.1, -0.05) is 6.92 Å². The quantitative estimate of drug-likeness (QED) is 0.904. The third-order valence-electron chi connectivity index (χ3n) is 4.83. The summed E-state index contributed by atoms with van der Waals surface area (Å²) in [4.78, 5) is 4.58. The van der Waals surface area contributed by atoms with Gasteiger partial charge in [-0.2, -0.15) is 5.10 Å². The summed E-state index contributed by atoms with van der Waals surface area (Å²) >= 11 is 0. The Morgan fingerprint density at radius 3 is 3.16 bits per heavy atom. The van der Waals surface area contributed by atoms with E-state index >= 15 is 0 Å². The average Bonchev–Trinajstić information content (AvgIpc) is 3.08. The summed E-state index contributed by atoms with van der Waals surface area (Å²) in [6, 6.07) is 6.38. The highest BCUT2D eigenvalue weighted by molar-refractivity contribution is 5.63. The molecule has 0 saturated heterocycles. The fraction of sp³-hybridized carbons (Fsp3) is 0.474. The van der Waals surface area contributed by atoms with Crippen molar-refractivity contribution in [2.24, 2.45) is 0 Å². The van der Waals surface area contributed by atoms with Crippen LogP contribution in [0.4, 0.5) is 0 Å². The highest BCUT2D eigenvalue weighted by atomic mass is 16.5. The second-order valence-electron chi connectivity index (χ2n) is 6.59. The molecular weight excluding hydrogens is 316 g/mol. The summed E-state index contributed by atoms with van der Waals surface area (Å²) in [7, 11) is 1.67. The van der Waals surface area contributed by atoms with E-state index in [1.807, 2.05) is 18.2 Å². The Kier molecular flexibility index (Phi) is 4.44. The van der Waals surface area contributed by atoms with Gasteiger partial charge in [-0.25, -0.2) is 9.67 Å². The SMILES string of the molecule is CCc1nc2n(n1)C[C@H](NCC1=Cc3ccc(OC)cc3OC1)CC2. The minimum Gasteiger partial charge on any atom is -0.497 e. The molecule has 0 bridgehead atoms. The Labute approximate surface area is 147 Å². The van der Waals surface area contributed by atoms with E-state index in [0.29, 0.717) is 12.6 Å². The van der Waals surface area contributed by atoms with E-state index in [1.54, 1.807) is 7.11 Å². The lowest BCUT2D eigenvalue weighted by atomic mass is 10.0. The Balaban J connectivity index is 1.38. The molecular formula is C19H24N4O2. The number of nitrogens with one attached hydrogen (secondary N) is 1. The Hall–Kier alpha value is -2.34. The number of aromatic nitrogens is 3. The first kappa shape index (κ1) is 16.1. The third-order valence-corrected chi connectivity index (χ3v) is 4.83. The standard InChI is InChI=1S/C19H24N4O2/c1-3-18-21-19-7-5-15(11-23(19)22-18)20-10-13-8-14-4-6-16(24-2)9-17(14)25-12-13/h4,6,8-9,15,20H,3,5,7,10-12H2,1-2H3/t15-/m1/s1. The van der Waals surface area contributed by atoms with Crippen molar-refractivity contribution in [3.8, 4) is 11.5 Å². The van der Waals surface area contributed by atoms with E-state index < -0.39 is 0 Å². The first-order chi connectivity index (χ1) is 12.2. The number of rotatable bonds is 5. The normalized spacial score (nSPS) is 18.8. The molecule has 1 atom stereocenters. The smallest absolute Gasteiger partial charge is 0.150 e. The largest absolute Gasteiger partial charge is 0.497 e. The molecule has 0 amide bonds. The van der Waals surface area contributed by atoms with Crippen LogP contribution in [0.25, 0.3) is 6.08 Å². The van der Waals surface area contributed by atoms with Crippen molar-refractivity contribution >= 4 is 6.08 Å². The van der Waals surface area contributed by atoms with Gasteiger partial charge in [0, 0.05) is 37.1 Å². The van der Waals surface area contributed by atoms with Crippen LogP contribution in [0.1, 0.15) is 30.6 Å². The van der Waals surface area contributed by atoms with Gasteiger partial charge in [-0.05, 0) is 30.2 Å². The first-order valence-electron chi connectivity index (χ1n) is 8.91. The van der Waals surface area contributed by atoms with Gasteiger partial charge in [0.1, 0.15) is 23.9 Å². The summed E-state index contributed by atoms with van der Waals surface area (Å²) in [5.74, 6) is 3.79. The van der Waals surface area contributed by atoms with Gasteiger partial charge >= 0.3 is 0 Å². The zero-order valence-electron chi connectivity index (χ0n) is 14.8. The van der Waals surface area contributed by atoms with Gasteiger partial charge in [0.2, 0.25) is 0 Å². The molecule has 3 heterocycles. The van der Waals surface area contributed by atoms with Crippen molar-refractivity contribution in [2.75, 3.05) is 20.3 Å². The van der Waals surface area contributed by atoms with Gasteiger partial charge in [0.15, 0.2) is 5.82 Å². The van der Waals surface area contributed by atoms with Crippen molar-refractivity contribution in [1.29, 1.82) is 0 Å². The predicted molar refractivity (Wildman–Crippen MR) is 96.0 cm³/mol. The molecule has 0 unspecified atom stereocenters. The average molecular weight is 340 g/mol. The molecule has 4 rings (SSSR count). The topological polar surface area (TPSA) is 61.2 Å². The summed E-state index contributed by atoms with van der Waals surface area (Å²) in [5.41, 5.74) is 2.37. The zero-order chi connectivity index (χ0) is 17.2. The summed E-state index contributed by atoms with van der Waals surface area (Å²) < 4.78 is 13.2. The number of aryl methyl sites for hydroxylation is 2. The van der Waals surface area contributed by atoms with Crippen LogP contribution in [-0.2, 0) is 19.4 Å². The monoisotopic (exact) mass is 340 g/mol. The van der Waals surface area contributed by atoms with Crippen LogP contribution in [0, 0.1) is 0 Å². The molecule has 0 spiro atoms. The molecule has 0 saturated carbocycles. The number of hydrogen-bond acceptors (Lipinski definition) is 5. The van der Waals surface area contributed by atoms with E-state index in [2.05, 4.69) is 33.1 Å². The molecule has 1 aromatic heterocycles. The molecule has 1 aromatic carbocycles. The van der Waals surface area contributed by atoms with Crippen LogP contribution < -0.4 is 14.8 Å². The van der Waals surface area contributed by atoms with Crippen LogP contribution >= 0.6 is 0 Å². The van der Waals surface area contributed by atoms with E-state index in [-0.39, 0.29) is 0 Å². The molecule has 2 aliphatic rings. The first-order valence-corrected chi connectivity index (χ1v) is 8.91. The number of benzene rings is 1. The van der Waals surface area contributed by atoms with Gasteiger partial charge in [0.25, 0.3) is 0 Å². The maximum atomic E-state index is 5.88.